The average molecular weight is 700 g/mol. The van der Waals surface area contributed by atoms with Gasteiger partial charge < -0.3 is 25.2 Å². The summed E-state index contributed by atoms with van der Waals surface area (Å²) in [4.78, 5) is 34.6. The van der Waals surface area contributed by atoms with E-state index in [4.69, 9.17) is 24.3 Å². The van der Waals surface area contributed by atoms with Gasteiger partial charge in [-0.05, 0) is 57.8 Å². The van der Waals surface area contributed by atoms with Gasteiger partial charge in [0, 0.05) is 19.4 Å². The van der Waals surface area contributed by atoms with E-state index in [1.165, 1.54) is 12.8 Å². The zero-order valence-corrected chi connectivity index (χ0v) is 30.7. The molecule has 10 nitrogen and oxygen atoms in total. The van der Waals surface area contributed by atoms with E-state index in [2.05, 4.69) is 32.1 Å². The zero-order valence-electron chi connectivity index (χ0n) is 29.8. The number of esters is 2. The molecule has 0 fully saturated rings. The van der Waals surface area contributed by atoms with E-state index in [0.29, 0.717) is 19.3 Å². The van der Waals surface area contributed by atoms with Crippen molar-refractivity contribution in [2.45, 2.75) is 148 Å². The Labute approximate surface area is 290 Å². The maximum absolute atomic E-state index is 12.5. The number of rotatable bonds is 33. The maximum atomic E-state index is 12.5. The Morgan fingerprint density at radius 3 is 1.98 bits per heavy atom. The van der Waals surface area contributed by atoms with Gasteiger partial charge in [-0.1, -0.05) is 114 Å². The number of carbonyl (C=O) groups excluding carboxylic acids is 2. The second-order valence-corrected chi connectivity index (χ2v) is 13.4. The van der Waals surface area contributed by atoms with Crippen LogP contribution in [0.25, 0.3) is 0 Å². The molecule has 3 atom stereocenters. The molecule has 0 aliphatic carbocycles. The number of ether oxygens (including phenoxy) is 2. The van der Waals surface area contributed by atoms with Crippen molar-refractivity contribution in [3.05, 3.63) is 48.6 Å². The predicted molar refractivity (Wildman–Crippen MR) is 193 cm³/mol. The van der Waals surface area contributed by atoms with Crippen molar-refractivity contribution >= 4 is 19.8 Å². The highest BCUT2D eigenvalue weighted by molar-refractivity contribution is 7.47. The normalized spacial score (nSPS) is 14.7. The third-order valence-corrected chi connectivity index (χ3v) is 8.26. The molecule has 0 saturated carbocycles. The second kappa shape index (κ2) is 33.4. The molecule has 0 saturated heterocycles. The van der Waals surface area contributed by atoms with Gasteiger partial charge in [0.25, 0.3) is 0 Å². The Bertz CT molecular complexity index is 951. The van der Waals surface area contributed by atoms with Crippen LogP contribution >= 0.6 is 7.82 Å². The summed E-state index contributed by atoms with van der Waals surface area (Å²) in [6, 6.07) is 0. The van der Waals surface area contributed by atoms with E-state index in [0.717, 1.165) is 77.0 Å². The van der Waals surface area contributed by atoms with Crippen molar-refractivity contribution < 1.29 is 42.7 Å². The first-order valence-electron chi connectivity index (χ1n) is 18.2. The molecule has 0 heterocycles. The van der Waals surface area contributed by atoms with Gasteiger partial charge in [-0.15, -0.1) is 0 Å². The van der Waals surface area contributed by atoms with Crippen LogP contribution in [0.1, 0.15) is 136 Å². The monoisotopic (exact) mass is 699 g/mol. The van der Waals surface area contributed by atoms with E-state index >= 15 is 0 Å². The lowest BCUT2D eigenvalue weighted by molar-refractivity contribution is -0.161. The summed E-state index contributed by atoms with van der Waals surface area (Å²) >= 11 is 0. The molecule has 11 heteroatoms. The number of phosphoric ester groups is 1. The number of hydrogen-bond donors (Lipinski definition) is 3. The molecule has 0 radical (unpaired) electrons. The molecular formula is C37H66NO9P. The molecule has 0 aromatic carbocycles. The zero-order chi connectivity index (χ0) is 35.6. The number of carbonyl (C=O) groups is 2. The predicted octanol–water partition coefficient (Wildman–Crippen LogP) is 8.57. The fourth-order valence-corrected chi connectivity index (χ4v) is 5.30. The van der Waals surface area contributed by atoms with Gasteiger partial charge in [-0.3, -0.25) is 18.6 Å². The minimum absolute atomic E-state index is 0.0382. The van der Waals surface area contributed by atoms with E-state index < -0.39 is 38.6 Å². The van der Waals surface area contributed by atoms with Crippen molar-refractivity contribution in [2.75, 3.05) is 26.4 Å². The Balaban J connectivity index is 4.35. The first kappa shape index (κ1) is 45.9. The van der Waals surface area contributed by atoms with Gasteiger partial charge in [0.05, 0.1) is 19.3 Å². The number of phosphoric acid groups is 1. The Kier molecular flexibility index (Phi) is 32.0. The smallest absolute Gasteiger partial charge is 0.462 e. The van der Waals surface area contributed by atoms with Crippen molar-refractivity contribution in [3.63, 3.8) is 0 Å². The number of hydrogen-bond acceptors (Lipinski definition) is 9. The summed E-state index contributed by atoms with van der Waals surface area (Å²) < 4.78 is 32.5. The highest BCUT2D eigenvalue weighted by Gasteiger charge is 2.25. The minimum Gasteiger partial charge on any atom is -0.462 e. The van der Waals surface area contributed by atoms with E-state index in [-0.39, 0.29) is 32.6 Å². The molecule has 4 N–H and O–H groups in total. The van der Waals surface area contributed by atoms with Crippen LogP contribution in [0.5, 0.6) is 0 Å². The van der Waals surface area contributed by atoms with E-state index in [1.807, 2.05) is 24.3 Å². The standard InChI is InChI=1S/C37H66NO9P/c1-3-5-7-8-9-10-11-14-17-20-24-28-36(40)44-32-35(33-46-48(42,43)45-31-30-38)47-37(41)29-25-21-18-15-12-13-16-19-23-27-34(39)26-22-6-4-2/h6,8-9,16,19,22-23,27,34-35,39H,3-5,7,10-15,17-18,20-21,24-26,28-33,38H2,1-2H3,(H,42,43)/b9-8-,19-16+,22-6+,27-23+/t34?,35-/m1/s1. The number of aliphatic hydroxyl groups is 1. The lowest BCUT2D eigenvalue weighted by atomic mass is 10.1. The first-order valence-corrected chi connectivity index (χ1v) is 19.7. The van der Waals surface area contributed by atoms with Gasteiger partial charge in [0.1, 0.15) is 6.61 Å². The molecule has 278 valence electrons. The number of unbranched alkanes of at least 4 members (excludes halogenated alkanes) is 12. The molecule has 0 rings (SSSR count). The van der Waals surface area contributed by atoms with Crippen molar-refractivity contribution in [3.8, 4) is 0 Å². The Hall–Kier alpha value is -2.07. The van der Waals surface area contributed by atoms with Crippen molar-refractivity contribution in [1.82, 2.24) is 0 Å². The fraction of sp³-hybridized carbons (Fsp3) is 0.730. The largest absolute Gasteiger partial charge is 0.472 e. The fourth-order valence-electron chi connectivity index (χ4n) is 4.53. The van der Waals surface area contributed by atoms with Crippen LogP contribution in [-0.4, -0.2) is 60.5 Å². The Morgan fingerprint density at radius 2 is 1.33 bits per heavy atom. The van der Waals surface area contributed by atoms with Crippen LogP contribution in [0.4, 0.5) is 0 Å². The van der Waals surface area contributed by atoms with Crippen LogP contribution in [0.15, 0.2) is 48.6 Å². The molecule has 0 aliphatic rings. The topological polar surface area (TPSA) is 155 Å². The van der Waals surface area contributed by atoms with Gasteiger partial charge in [-0.25, -0.2) is 4.57 Å². The molecule has 0 aliphatic heterocycles. The number of allylic oxidation sites excluding steroid dienone is 6. The highest BCUT2D eigenvalue weighted by atomic mass is 31.2. The van der Waals surface area contributed by atoms with Crippen LogP contribution in [0.3, 0.4) is 0 Å². The second-order valence-electron chi connectivity index (χ2n) is 11.9. The molecule has 0 aromatic rings. The highest BCUT2D eigenvalue weighted by Crippen LogP contribution is 2.43. The number of nitrogens with two attached hydrogens (primary N) is 1. The summed E-state index contributed by atoms with van der Waals surface area (Å²) in [6.45, 7) is 3.39. The van der Waals surface area contributed by atoms with Gasteiger partial charge in [-0.2, -0.15) is 0 Å². The van der Waals surface area contributed by atoms with Gasteiger partial charge >= 0.3 is 19.8 Å². The molecule has 2 unspecified atom stereocenters. The molecule has 0 amide bonds. The van der Waals surface area contributed by atoms with Crippen LogP contribution < -0.4 is 5.73 Å². The van der Waals surface area contributed by atoms with Crippen LogP contribution in [0.2, 0.25) is 0 Å². The lowest BCUT2D eigenvalue weighted by Gasteiger charge is -2.19. The third kappa shape index (κ3) is 32.5. The average Bonchev–Trinajstić information content (AvgIpc) is 3.06. The SMILES string of the molecule is CC/C=C/CC(O)/C=C/C=C/CCCCCCCC(=O)O[C@H](COC(=O)CCCCCCC/C=C\CCCC)COP(=O)(O)OCCN. The molecule has 0 bridgehead atoms. The third-order valence-electron chi connectivity index (χ3n) is 7.28. The van der Waals surface area contributed by atoms with E-state index in [9.17, 15) is 24.2 Å². The van der Waals surface area contributed by atoms with Gasteiger partial charge in [0.15, 0.2) is 6.10 Å². The summed E-state index contributed by atoms with van der Waals surface area (Å²) in [5, 5.41) is 9.84. The summed E-state index contributed by atoms with van der Waals surface area (Å²) in [5.41, 5.74) is 5.32. The first-order chi connectivity index (χ1) is 23.2. The number of aliphatic hydroxyl groups excluding tert-OH is 1. The maximum Gasteiger partial charge on any atom is 0.472 e. The summed E-state index contributed by atoms with van der Waals surface area (Å²) in [7, 11) is -4.39. The Morgan fingerprint density at radius 1 is 0.729 bits per heavy atom. The molecule has 48 heavy (non-hydrogen) atoms. The van der Waals surface area contributed by atoms with Crippen molar-refractivity contribution in [2.24, 2.45) is 5.73 Å². The lowest BCUT2D eigenvalue weighted by Crippen LogP contribution is -2.29. The minimum atomic E-state index is -4.39. The summed E-state index contributed by atoms with van der Waals surface area (Å²) in [6.07, 6.45) is 31.9. The molecule has 0 aromatic heterocycles. The quantitative estimate of drug-likeness (QED) is 0.0199. The molecule has 0 spiro atoms. The van der Waals surface area contributed by atoms with Crippen molar-refractivity contribution in [1.29, 1.82) is 0 Å². The van der Waals surface area contributed by atoms with Gasteiger partial charge in [0.2, 0.25) is 0 Å². The molecular weight excluding hydrogens is 633 g/mol. The summed E-state index contributed by atoms with van der Waals surface area (Å²) in [5.74, 6) is -0.901. The van der Waals surface area contributed by atoms with Crippen LogP contribution in [0, 0.1) is 0 Å². The van der Waals surface area contributed by atoms with E-state index in [1.54, 1.807) is 6.08 Å². The van der Waals surface area contributed by atoms with Crippen LogP contribution in [-0.2, 0) is 32.7 Å².